The van der Waals surface area contributed by atoms with E-state index < -0.39 is 0 Å². The second-order valence-corrected chi connectivity index (χ2v) is 5.03. The predicted octanol–water partition coefficient (Wildman–Crippen LogP) is 3.33. The first-order chi connectivity index (χ1) is 8.76. The minimum absolute atomic E-state index is 0.580. The van der Waals surface area contributed by atoms with Crippen LogP contribution in [0.2, 0.25) is 5.02 Å². The van der Waals surface area contributed by atoms with E-state index in [4.69, 9.17) is 11.6 Å². The van der Waals surface area contributed by atoms with Gasteiger partial charge in [0, 0.05) is 19.1 Å². The number of nitrogens with zero attached hydrogens (tertiary/aromatic N) is 3. The molecule has 5 heteroatoms. The van der Waals surface area contributed by atoms with Crippen molar-refractivity contribution in [3.8, 4) is 0 Å². The van der Waals surface area contributed by atoms with Gasteiger partial charge in [0.2, 0.25) is 5.95 Å². The van der Waals surface area contributed by atoms with E-state index in [1.807, 2.05) is 6.92 Å². The van der Waals surface area contributed by atoms with Gasteiger partial charge >= 0.3 is 0 Å². The molecule has 1 aliphatic rings. The quantitative estimate of drug-likeness (QED) is 0.889. The van der Waals surface area contributed by atoms with Gasteiger partial charge in [-0.2, -0.15) is 4.98 Å². The maximum absolute atomic E-state index is 6.25. The molecule has 0 unspecified atom stereocenters. The lowest BCUT2D eigenvalue weighted by Crippen LogP contribution is -2.34. The molecule has 1 aliphatic carbocycles. The average molecular weight is 269 g/mol. The third-order valence-electron chi connectivity index (χ3n) is 3.44. The van der Waals surface area contributed by atoms with Gasteiger partial charge in [0.25, 0.3) is 0 Å². The summed E-state index contributed by atoms with van der Waals surface area (Å²) < 4.78 is 0. The van der Waals surface area contributed by atoms with Crippen LogP contribution in [0.3, 0.4) is 0 Å². The van der Waals surface area contributed by atoms with Crippen molar-refractivity contribution in [2.24, 2.45) is 0 Å². The predicted molar refractivity (Wildman–Crippen MR) is 76.5 cm³/mol. The van der Waals surface area contributed by atoms with E-state index in [1.54, 1.807) is 6.20 Å². The summed E-state index contributed by atoms with van der Waals surface area (Å²) in [5.74, 6) is 1.53. The van der Waals surface area contributed by atoms with Gasteiger partial charge in [-0.1, -0.05) is 24.4 Å². The van der Waals surface area contributed by atoms with E-state index in [-0.39, 0.29) is 0 Å². The van der Waals surface area contributed by atoms with Crippen molar-refractivity contribution in [1.29, 1.82) is 0 Å². The van der Waals surface area contributed by atoms with Crippen molar-refractivity contribution in [3.63, 3.8) is 0 Å². The Bertz CT molecular complexity index is 391. The van der Waals surface area contributed by atoms with Crippen LogP contribution in [-0.2, 0) is 0 Å². The van der Waals surface area contributed by atoms with E-state index in [0.29, 0.717) is 17.0 Å². The maximum atomic E-state index is 6.25. The summed E-state index contributed by atoms with van der Waals surface area (Å²) in [7, 11) is 0. The van der Waals surface area contributed by atoms with Crippen LogP contribution >= 0.6 is 11.6 Å². The fraction of sp³-hybridized carbons (Fsp3) is 0.692. The van der Waals surface area contributed by atoms with Crippen molar-refractivity contribution in [1.82, 2.24) is 9.97 Å². The molecule has 0 radical (unpaired) electrons. The smallest absolute Gasteiger partial charge is 0.224 e. The van der Waals surface area contributed by atoms with E-state index in [2.05, 4.69) is 27.1 Å². The van der Waals surface area contributed by atoms with Crippen LogP contribution in [0.5, 0.6) is 0 Å². The van der Waals surface area contributed by atoms with Crippen LogP contribution < -0.4 is 10.2 Å². The molecule has 0 spiro atoms. The molecular weight excluding hydrogens is 248 g/mol. The van der Waals surface area contributed by atoms with E-state index >= 15 is 0 Å². The molecule has 1 saturated carbocycles. The molecule has 1 heterocycles. The molecular formula is C13H21ClN4. The van der Waals surface area contributed by atoms with E-state index in [1.165, 1.54) is 25.7 Å². The van der Waals surface area contributed by atoms with Crippen LogP contribution in [0.15, 0.2) is 6.20 Å². The fourth-order valence-corrected chi connectivity index (χ4v) is 2.80. The van der Waals surface area contributed by atoms with Crippen LogP contribution in [-0.4, -0.2) is 29.1 Å². The molecule has 2 rings (SSSR count). The molecule has 0 bridgehead atoms. The second-order valence-electron chi connectivity index (χ2n) is 4.62. The molecule has 0 amide bonds. The summed E-state index contributed by atoms with van der Waals surface area (Å²) in [6.45, 7) is 5.94. The highest BCUT2D eigenvalue weighted by molar-refractivity contribution is 6.32. The number of anilines is 2. The summed E-state index contributed by atoms with van der Waals surface area (Å²) in [5, 5.41) is 3.78. The van der Waals surface area contributed by atoms with Crippen molar-refractivity contribution < 1.29 is 0 Å². The zero-order chi connectivity index (χ0) is 13.0. The number of hydrogen-bond acceptors (Lipinski definition) is 4. The van der Waals surface area contributed by atoms with Crippen molar-refractivity contribution >= 4 is 23.4 Å². The molecule has 1 fully saturated rings. The zero-order valence-corrected chi connectivity index (χ0v) is 11.9. The van der Waals surface area contributed by atoms with Crippen molar-refractivity contribution in [2.45, 2.75) is 45.6 Å². The second kappa shape index (κ2) is 6.23. The highest BCUT2D eigenvalue weighted by atomic mass is 35.5. The maximum Gasteiger partial charge on any atom is 0.224 e. The normalized spacial score (nSPS) is 15.9. The minimum atomic E-state index is 0.580. The van der Waals surface area contributed by atoms with Gasteiger partial charge in [0.15, 0.2) is 5.82 Å². The number of hydrogen-bond donors (Lipinski definition) is 1. The Labute approximate surface area is 114 Å². The lowest BCUT2D eigenvalue weighted by atomic mass is 10.2. The van der Waals surface area contributed by atoms with Crippen molar-refractivity contribution in [2.75, 3.05) is 23.3 Å². The van der Waals surface area contributed by atoms with Crippen molar-refractivity contribution in [3.05, 3.63) is 11.2 Å². The molecule has 4 nitrogen and oxygen atoms in total. The molecule has 0 saturated heterocycles. The Morgan fingerprint density at radius 3 is 2.72 bits per heavy atom. The Hall–Kier alpha value is -1.03. The third kappa shape index (κ3) is 2.86. The van der Waals surface area contributed by atoms with Gasteiger partial charge < -0.3 is 10.2 Å². The van der Waals surface area contributed by atoms with Gasteiger partial charge in [-0.15, -0.1) is 0 Å². The molecule has 0 aromatic carbocycles. The SMILES string of the molecule is CCNc1ncc(Cl)c(N(CC)C2CCCC2)n1. The fourth-order valence-electron chi connectivity index (χ4n) is 2.60. The average Bonchev–Trinajstić information content (AvgIpc) is 2.88. The first-order valence-electron chi connectivity index (χ1n) is 6.79. The Morgan fingerprint density at radius 1 is 1.39 bits per heavy atom. The van der Waals surface area contributed by atoms with Crippen LogP contribution in [0.25, 0.3) is 0 Å². The lowest BCUT2D eigenvalue weighted by molar-refractivity contribution is 0.613. The third-order valence-corrected chi connectivity index (χ3v) is 3.71. The number of halogens is 1. The van der Waals surface area contributed by atoms with Crippen LogP contribution in [0.4, 0.5) is 11.8 Å². The Balaban J connectivity index is 2.25. The Morgan fingerprint density at radius 2 is 2.11 bits per heavy atom. The molecule has 1 N–H and O–H groups in total. The minimum Gasteiger partial charge on any atom is -0.354 e. The topological polar surface area (TPSA) is 41.1 Å². The summed E-state index contributed by atoms with van der Waals surface area (Å²) in [4.78, 5) is 11.1. The molecule has 100 valence electrons. The highest BCUT2D eigenvalue weighted by Crippen LogP contribution is 2.31. The van der Waals surface area contributed by atoms with Gasteiger partial charge in [0.05, 0.1) is 6.20 Å². The number of nitrogens with one attached hydrogen (secondary N) is 1. The monoisotopic (exact) mass is 268 g/mol. The summed E-state index contributed by atoms with van der Waals surface area (Å²) in [6.07, 6.45) is 6.79. The van der Waals surface area contributed by atoms with E-state index in [0.717, 1.165) is 18.9 Å². The van der Waals surface area contributed by atoms with Crippen LogP contribution in [0.1, 0.15) is 39.5 Å². The van der Waals surface area contributed by atoms with E-state index in [9.17, 15) is 0 Å². The zero-order valence-electron chi connectivity index (χ0n) is 11.1. The lowest BCUT2D eigenvalue weighted by Gasteiger charge is -2.29. The van der Waals surface area contributed by atoms with Crippen LogP contribution in [0, 0.1) is 0 Å². The van der Waals surface area contributed by atoms with Gasteiger partial charge in [0.1, 0.15) is 5.02 Å². The molecule has 18 heavy (non-hydrogen) atoms. The molecule has 0 aliphatic heterocycles. The van der Waals surface area contributed by atoms with Gasteiger partial charge in [-0.25, -0.2) is 4.98 Å². The summed E-state index contributed by atoms with van der Waals surface area (Å²) >= 11 is 6.25. The van der Waals surface area contributed by atoms with Gasteiger partial charge in [-0.05, 0) is 26.7 Å². The summed E-state index contributed by atoms with van der Waals surface area (Å²) in [5.41, 5.74) is 0. The first-order valence-corrected chi connectivity index (χ1v) is 7.17. The van der Waals surface area contributed by atoms with Gasteiger partial charge in [-0.3, -0.25) is 0 Å². The molecule has 1 aromatic heterocycles. The number of rotatable bonds is 5. The number of aromatic nitrogens is 2. The largest absolute Gasteiger partial charge is 0.354 e. The summed E-state index contributed by atoms with van der Waals surface area (Å²) in [6, 6.07) is 0.580. The first kappa shape index (κ1) is 13.4. The standard InChI is InChI=1S/C13H21ClN4/c1-3-15-13-16-9-11(14)12(17-13)18(4-2)10-7-5-6-8-10/h9-10H,3-8H2,1-2H3,(H,15,16,17). The Kier molecular flexibility index (Phi) is 4.64. The molecule has 0 atom stereocenters. The molecule has 1 aromatic rings. The highest BCUT2D eigenvalue weighted by Gasteiger charge is 2.24.